The fourth-order valence-corrected chi connectivity index (χ4v) is 3.76. The van der Waals surface area contributed by atoms with Gasteiger partial charge in [-0.2, -0.15) is 5.10 Å². The second-order valence-electron chi connectivity index (χ2n) is 9.09. The molecule has 1 aromatic carbocycles. The van der Waals surface area contributed by atoms with Crippen molar-refractivity contribution in [1.29, 1.82) is 0 Å². The van der Waals surface area contributed by atoms with Gasteiger partial charge in [0, 0.05) is 23.3 Å². The summed E-state index contributed by atoms with van der Waals surface area (Å²) in [5, 5.41) is 7.25. The molecule has 2 aliphatic rings. The van der Waals surface area contributed by atoms with Gasteiger partial charge in [-0.05, 0) is 67.3 Å². The van der Waals surface area contributed by atoms with Gasteiger partial charge in [-0.1, -0.05) is 20.8 Å². The number of carbonyl (C=O) groups is 1. The summed E-state index contributed by atoms with van der Waals surface area (Å²) < 4.78 is 5.84. The van der Waals surface area contributed by atoms with Crippen molar-refractivity contribution >= 4 is 5.91 Å². The predicted octanol–water partition coefficient (Wildman–Crippen LogP) is 4.00. The molecule has 0 saturated heterocycles. The van der Waals surface area contributed by atoms with Crippen LogP contribution in [0.4, 0.5) is 0 Å². The molecular formula is C22H29N3O2. The smallest absolute Gasteiger partial charge is 0.254 e. The molecule has 27 heavy (non-hydrogen) atoms. The lowest BCUT2D eigenvalue weighted by Gasteiger charge is -2.34. The fourth-order valence-electron chi connectivity index (χ4n) is 3.76. The Morgan fingerprint density at radius 1 is 1.19 bits per heavy atom. The van der Waals surface area contributed by atoms with Crippen LogP contribution in [-0.4, -0.2) is 39.7 Å². The third-order valence-electron chi connectivity index (χ3n) is 5.33. The molecule has 1 atom stereocenters. The van der Waals surface area contributed by atoms with Gasteiger partial charge in [0.25, 0.3) is 5.91 Å². The van der Waals surface area contributed by atoms with E-state index in [1.54, 1.807) is 0 Å². The average molecular weight is 367 g/mol. The molecule has 0 aliphatic heterocycles. The van der Waals surface area contributed by atoms with Crippen LogP contribution in [0.25, 0.3) is 0 Å². The SMILES string of the molecule is CC(C)(C)COc1ccc(C(=O)N(C2CC2)C2CCc3[nH]ncc3C2)cc1. The number of ether oxygens (including phenoxy) is 1. The van der Waals surface area contributed by atoms with E-state index < -0.39 is 0 Å². The van der Waals surface area contributed by atoms with Crippen LogP contribution in [-0.2, 0) is 12.8 Å². The first kappa shape index (κ1) is 18.1. The number of benzene rings is 1. The second kappa shape index (κ2) is 7.02. The van der Waals surface area contributed by atoms with E-state index in [0.717, 1.165) is 43.4 Å². The first-order chi connectivity index (χ1) is 12.9. The second-order valence-corrected chi connectivity index (χ2v) is 9.09. The molecule has 1 N–H and O–H groups in total. The van der Waals surface area contributed by atoms with Crippen molar-refractivity contribution in [3.8, 4) is 5.75 Å². The Labute approximate surface area is 161 Å². The molecule has 2 aromatic rings. The molecule has 1 aromatic heterocycles. The minimum absolute atomic E-state index is 0.115. The number of amides is 1. The van der Waals surface area contributed by atoms with Crippen molar-refractivity contribution < 1.29 is 9.53 Å². The molecule has 5 heteroatoms. The summed E-state index contributed by atoms with van der Waals surface area (Å²) in [4.78, 5) is 15.4. The van der Waals surface area contributed by atoms with Crippen molar-refractivity contribution in [2.75, 3.05) is 6.61 Å². The zero-order valence-electron chi connectivity index (χ0n) is 16.5. The van der Waals surface area contributed by atoms with Crippen LogP contribution in [0.1, 0.15) is 61.6 Å². The third kappa shape index (κ3) is 4.18. The molecule has 2 aliphatic carbocycles. The molecule has 0 bridgehead atoms. The molecule has 0 spiro atoms. The molecule has 0 radical (unpaired) electrons. The van der Waals surface area contributed by atoms with Gasteiger partial charge in [0.2, 0.25) is 0 Å². The van der Waals surface area contributed by atoms with Crippen LogP contribution < -0.4 is 4.74 Å². The summed E-state index contributed by atoms with van der Waals surface area (Å²) in [6.07, 6.45) is 7.03. The van der Waals surface area contributed by atoms with Gasteiger partial charge in [-0.15, -0.1) is 0 Å². The molecule has 1 saturated carbocycles. The summed E-state index contributed by atoms with van der Waals surface area (Å²) in [6, 6.07) is 8.31. The number of fused-ring (bicyclic) bond motifs is 1. The molecule has 1 fully saturated rings. The van der Waals surface area contributed by atoms with Crippen molar-refractivity contribution in [2.45, 2.75) is 65.0 Å². The Hall–Kier alpha value is -2.30. The first-order valence-electron chi connectivity index (χ1n) is 9.97. The topological polar surface area (TPSA) is 58.2 Å². The summed E-state index contributed by atoms with van der Waals surface area (Å²) in [5.41, 5.74) is 3.36. The highest BCUT2D eigenvalue weighted by Crippen LogP contribution is 2.34. The molecule has 144 valence electrons. The lowest BCUT2D eigenvalue weighted by Crippen LogP contribution is -2.44. The number of rotatable bonds is 5. The molecular weight excluding hydrogens is 338 g/mol. The minimum Gasteiger partial charge on any atom is -0.493 e. The number of aromatic amines is 1. The van der Waals surface area contributed by atoms with Crippen molar-refractivity contribution in [3.63, 3.8) is 0 Å². The fraction of sp³-hybridized carbons (Fsp3) is 0.545. The van der Waals surface area contributed by atoms with Crippen molar-refractivity contribution in [3.05, 3.63) is 47.3 Å². The van der Waals surface area contributed by atoms with Gasteiger partial charge in [0.1, 0.15) is 5.75 Å². The quantitative estimate of drug-likeness (QED) is 0.869. The molecule has 1 heterocycles. The highest BCUT2D eigenvalue weighted by molar-refractivity contribution is 5.95. The predicted molar refractivity (Wildman–Crippen MR) is 105 cm³/mol. The Morgan fingerprint density at radius 2 is 1.93 bits per heavy atom. The van der Waals surface area contributed by atoms with Gasteiger partial charge < -0.3 is 9.64 Å². The summed E-state index contributed by atoms with van der Waals surface area (Å²) in [5.74, 6) is 0.969. The van der Waals surface area contributed by atoms with E-state index in [-0.39, 0.29) is 17.4 Å². The van der Waals surface area contributed by atoms with Crippen LogP contribution in [0.3, 0.4) is 0 Å². The summed E-state index contributed by atoms with van der Waals surface area (Å²) in [7, 11) is 0. The van der Waals surface area contributed by atoms with E-state index in [4.69, 9.17) is 4.74 Å². The van der Waals surface area contributed by atoms with Crippen LogP contribution in [0, 0.1) is 5.41 Å². The number of nitrogens with one attached hydrogen (secondary N) is 1. The van der Waals surface area contributed by atoms with Gasteiger partial charge in [-0.3, -0.25) is 9.89 Å². The largest absolute Gasteiger partial charge is 0.493 e. The number of aryl methyl sites for hydroxylation is 1. The van der Waals surface area contributed by atoms with E-state index in [9.17, 15) is 4.79 Å². The molecule has 1 amide bonds. The summed E-state index contributed by atoms with van der Waals surface area (Å²) >= 11 is 0. The number of carbonyl (C=O) groups excluding carboxylic acids is 1. The number of hydrogen-bond acceptors (Lipinski definition) is 3. The highest BCUT2D eigenvalue weighted by Gasteiger charge is 2.39. The van der Waals surface area contributed by atoms with Crippen molar-refractivity contribution in [2.24, 2.45) is 5.41 Å². The third-order valence-corrected chi connectivity index (χ3v) is 5.33. The number of H-pyrrole nitrogens is 1. The van der Waals surface area contributed by atoms with Crippen LogP contribution in [0.2, 0.25) is 0 Å². The van der Waals surface area contributed by atoms with Crippen molar-refractivity contribution in [1.82, 2.24) is 15.1 Å². The Kier molecular flexibility index (Phi) is 4.70. The Bertz CT molecular complexity index is 800. The lowest BCUT2D eigenvalue weighted by molar-refractivity contribution is 0.0642. The molecule has 4 rings (SSSR count). The zero-order chi connectivity index (χ0) is 19.0. The van der Waals surface area contributed by atoms with E-state index in [2.05, 4.69) is 35.9 Å². The van der Waals surface area contributed by atoms with Crippen LogP contribution in [0.5, 0.6) is 5.75 Å². The molecule has 5 nitrogen and oxygen atoms in total. The lowest BCUT2D eigenvalue weighted by atomic mass is 9.92. The number of aromatic nitrogens is 2. The van der Waals surface area contributed by atoms with Crippen LogP contribution in [0.15, 0.2) is 30.5 Å². The zero-order valence-corrected chi connectivity index (χ0v) is 16.5. The van der Waals surface area contributed by atoms with Gasteiger partial charge in [-0.25, -0.2) is 0 Å². The normalized spacial score (nSPS) is 19.4. The highest BCUT2D eigenvalue weighted by atomic mass is 16.5. The number of hydrogen-bond donors (Lipinski definition) is 1. The molecule has 1 unspecified atom stereocenters. The first-order valence-corrected chi connectivity index (χ1v) is 9.97. The Morgan fingerprint density at radius 3 is 2.59 bits per heavy atom. The van der Waals surface area contributed by atoms with Gasteiger partial charge in [0.15, 0.2) is 0 Å². The Balaban J connectivity index is 1.46. The average Bonchev–Trinajstić information content (AvgIpc) is 3.35. The maximum absolute atomic E-state index is 13.3. The maximum Gasteiger partial charge on any atom is 0.254 e. The standard InChI is InChI=1S/C22H29N3O2/c1-22(2,3)14-27-19-9-4-15(5-10-19)21(26)25(17-6-7-17)18-8-11-20-16(12-18)13-23-24-20/h4-5,9-10,13,17-18H,6-8,11-12,14H2,1-3H3,(H,23,24). The maximum atomic E-state index is 13.3. The monoisotopic (exact) mass is 367 g/mol. The van der Waals surface area contributed by atoms with Gasteiger partial charge >= 0.3 is 0 Å². The van der Waals surface area contributed by atoms with Crippen LogP contribution >= 0.6 is 0 Å². The van der Waals surface area contributed by atoms with E-state index in [1.165, 1.54) is 11.3 Å². The van der Waals surface area contributed by atoms with E-state index in [0.29, 0.717) is 12.6 Å². The summed E-state index contributed by atoms with van der Waals surface area (Å²) in [6.45, 7) is 7.10. The van der Waals surface area contributed by atoms with E-state index >= 15 is 0 Å². The van der Waals surface area contributed by atoms with E-state index in [1.807, 2.05) is 30.5 Å². The minimum atomic E-state index is 0.115. The number of nitrogens with zero attached hydrogens (tertiary/aromatic N) is 2. The van der Waals surface area contributed by atoms with Gasteiger partial charge in [0.05, 0.1) is 12.8 Å².